The second-order valence-electron chi connectivity index (χ2n) is 9.02. The Bertz CT molecular complexity index is 1010. The van der Waals surface area contributed by atoms with Crippen molar-refractivity contribution in [2.75, 3.05) is 26.2 Å². The standard InChI is InChI=1S/C25H31ClN2O3S/c26-24-8-4-7-22(18-24)19-32(30,31)28-15-11-23(12-16-28)25(29)27-13-9-21(10-14-27)17-20-5-2-1-3-6-20/h1-8,18,21,23H,9-17,19H2. The number of piperidine rings is 2. The summed E-state index contributed by atoms with van der Waals surface area (Å²) in [5.74, 6) is 0.703. The lowest BCUT2D eigenvalue weighted by molar-refractivity contribution is -0.138. The highest BCUT2D eigenvalue weighted by Gasteiger charge is 2.34. The van der Waals surface area contributed by atoms with Crippen molar-refractivity contribution in [2.45, 2.75) is 37.9 Å². The largest absolute Gasteiger partial charge is 0.342 e. The smallest absolute Gasteiger partial charge is 0.225 e. The van der Waals surface area contributed by atoms with Crippen LogP contribution in [0, 0.1) is 11.8 Å². The lowest BCUT2D eigenvalue weighted by Gasteiger charge is -2.37. The SMILES string of the molecule is O=C(C1CCN(S(=O)(=O)Cc2cccc(Cl)c2)CC1)N1CCC(Cc2ccccc2)CC1. The van der Waals surface area contributed by atoms with Crippen LogP contribution in [0.2, 0.25) is 5.02 Å². The van der Waals surface area contributed by atoms with E-state index in [1.807, 2.05) is 11.0 Å². The fourth-order valence-electron chi connectivity index (χ4n) is 4.87. The summed E-state index contributed by atoms with van der Waals surface area (Å²) < 4.78 is 27.2. The summed E-state index contributed by atoms with van der Waals surface area (Å²) >= 11 is 5.99. The van der Waals surface area contributed by atoms with Crippen LogP contribution in [0.15, 0.2) is 54.6 Å². The Labute approximate surface area is 196 Å². The molecule has 2 aliphatic heterocycles. The molecule has 2 saturated heterocycles. The van der Waals surface area contributed by atoms with Crippen molar-refractivity contribution in [1.82, 2.24) is 9.21 Å². The molecule has 0 bridgehead atoms. The van der Waals surface area contributed by atoms with Crippen LogP contribution in [0.3, 0.4) is 0 Å². The minimum absolute atomic E-state index is 0.0545. The van der Waals surface area contributed by atoms with Crippen LogP contribution < -0.4 is 0 Å². The zero-order valence-electron chi connectivity index (χ0n) is 18.3. The molecular formula is C25H31ClN2O3S. The number of amides is 1. The van der Waals surface area contributed by atoms with Crippen molar-refractivity contribution in [3.8, 4) is 0 Å². The van der Waals surface area contributed by atoms with Crippen LogP contribution in [-0.2, 0) is 27.0 Å². The Kier molecular flexibility index (Phi) is 7.54. The van der Waals surface area contributed by atoms with Gasteiger partial charge in [0.1, 0.15) is 0 Å². The first-order valence-corrected chi connectivity index (χ1v) is 13.4. The average Bonchev–Trinajstić information content (AvgIpc) is 2.80. The summed E-state index contributed by atoms with van der Waals surface area (Å²) in [6, 6.07) is 17.5. The van der Waals surface area contributed by atoms with Gasteiger partial charge in [-0.2, -0.15) is 0 Å². The van der Waals surface area contributed by atoms with E-state index in [4.69, 9.17) is 11.6 Å². The Morgan fingerprint density at radius 2 is 1.53 bits per heavy atom. The van der Waals surface area contributed by atoms with Gasteiger partial charge in [-0.15, -0.1) is 0 Å². The molecule has 0 atom stereocenters. The van der Waals surface area contributed by atoms with Crippen LogP contribution in [0.25, 0.3) is 0 Å². The third-order valence-corrected chi connectivity index (χ3v) is 8.81. The molecule has 0 aromatic heterocycles. The normalized spacial score (nSPS) is 19.2. The number of halogens is 1. The highest BCUT2D eigenvalue weighted by atomic mass is 35.5. The van der Waals surface area contributed by atoms with E-state index in [0.717, 1.165) is 32.4 Å². The number of hydrogen-bond donors (Lipinski definition) is 0. The van der Waals surface area contributed by atoms with Crippen molar-refractivity contribution in [3.05, 3.63) is 70.7 Å². The number of carbonyl (C=O) groups is 1. The average molecular weight is 475 g/mol. The number of likely N-dealkylation sites (tertiary alicyclic amines) is 1. The molecule has 0 N–H and O–H groups in total. The van der Waals surface area contributed by atoms with Gasteiger partial charge in [0, 0.05) is 37.1 Å². The molecule has 0 spiro atoms. The molecule has 5 nitrogen and oxygen atoms in total. The van der Waals surface area contributed by atoms with Crippen molar-refractivity contribution in [1.29, 1.82) is 0 Å². The Hall–Kier alpha value is -1.89. The van der Waals surface area contributed by atoms with Gasteiger partial charge in [0.25, 0.3) is 0 Å². The predicted molar refractivity (Wildman–Crippen MR) is 128 cm³/mol. The van der Waals surface area contributed by atoms with Gasteiger partial charge in [-0.25, -0.2) is 12.7 Å². The van der Waals surface area contributed by atoms with Crippen LogP contribution >= 0.6 is 11.6 Å². The predicted octanol–water partition coefficient (Wildman–Crippen LogP) is 4.36. The molecule has 2 aliphatic rings. The lowest BCUT2D eigenvalue weighted by atomic mass is 9.89. The number of sulfonamides is 1. The first-order valence-electron chi connectivity index (χ1n) is 11.5. The van der Waals surface area contributed by atoms with E-state index in [0.29, 0.717) is 42.4 Å². The highest BCUT2D eigenvalue weighted by molar-refractivity contribution is 7.88. The van der Waals surface area contributed by atoms with Crippen molar-refractivity contribution >= 4 is 27.5 Å². The molecule has 1 amide bonds. The monoisotopic (exact) mass is 474 g/mol. The van der Waals surface area contributed by atoms with Gasteiger partial charge in [0.15, 0.2) is 0 Å². The molecule has 4 rings (SSSR count). The number of hydrogen-bond acceptors (Lipinski definition) is 3. The van der Waals surface area contributed by atoms with Crippen molar-refractivity contribution in [2.24, 2.45) is 11.8 Å². The molecule has 0 aliphatic carbocycles. The molecular weight excluding hydrogens is 444 g/mol. The Balaban J connectivity index is 1.25. The van der Waals surface area contributed by atoms with Crippen LogP contribution in [0.4, 0.5) is 0 Å². The van der Waals surface area contributed by atoms with E-state index in [9.17, 15) is 13.2 Å². The Morgan fingerprint density at radius 1 is 0.875 bits per heavy atom. The van der Waals surface area contributed by atoms with Gasteiger partial charge in [-0.05, 0) is 61.3 Å². The van der Waals surface area contributed by atoms with E-state index >= 15 is 0 Å². The van der Waals surface area contributed by atoms with Gasteiger partial charge in [-0.3, -0.25) is 4.79 Å². The van der Waals surface area contributed by atoms with Crippen molar-refractivity contribution < 1.29 is 13.2 Å². The maximum absolute atomic E-state index is 13.0. The third-order valence-electron chi connectivity index (χ3n) is 6.73. The molecule has 0 unspecified atom stereocenters. The maximum atomic E-state index is 13.0. The fourth-order valence-corrected chi connectivity index (χ4v) is 6.64. The fraction of sp³-hybridized carbons (Fsp3) is 0.480. The minimum Gasteiger partial charge on any atom is -0.342 e. The summed E-state index contributed by atoms with van der Waals surface area (Å²) in [4.78, 5) is 15.0. The van der Waals surface area contributed by atoms with E-state index in [1.54, 1.807) is 24.3 Å². The summed E-state index contributed by atoms with van der Waals surface area (Å²) in [5, 5.41) is 0.537. The van der Waals surface area contributed by atoms with Gasteiger partial charge >= 0.3 is 0 Å². The second-order valence-corrected chi connectivity index (χ2v) is 11.4. The van der Waals surface area contributed by atoms with Gasteiger partial charge in [0.05, 0.1) is 5.75 Å². The summed E-state index contributed by atoms with van der Waals surface area (Å²) in [7, 11) is -3.41. The molecule has 7 heteroatoms. The molecule has 2 aromatic rings. The minimum atomic E-state index is -3.41. The molecule has 172 valence electrons. The first-order chi connectivity index (χ1) is 15.4. The summed E-state index contributed by atoms with van der Waals surface area (Å²) in [6.07, 6.45) is 4.34. The summed E-state index contributed by atoms with van der Waals surface area (Å²) in [5.41, 5.74) is 2.05. The van der Waals surface area contributed by atoms with Crippen LogP contribution in [0.5, 0.6) is 0 Å². The van der Waals surface area contributed by atoms with E-state index < -0.39 is 10.0 Å². The quantitative estimate of drug-likeness (QED) is 0.624. The lowest BCUT2D eigenvalue weighted by Crippen LogP contribution is -2.46. The molecule has 32 heavy (non-hydrogen) atoms. The first kappa shape index (κ1) is 23.3. The zero-order valence-corrected chi connectivity index (χ0v) is 19.9. The van der Waals surface area contributed by atoms with E-state index in [-0.39, 0.29) is 17.6 Å². The summed E-state index contributed by atoms with van der Waals surface area (Å²) in [6.45, 7) is 2.43. The number of benzene rings is 2. The van der Waals surface area contributed by atoms with Gasteiger partial charge in [0.2, 0.25) is 15.9 Å². The van der Waals surface area contributed by atoms with E-state index in [2.05, 4.69) is 24.3 Å². The zero-order chi connectivity index (χ0) is 22.6. The van der Waals surface area contributed by atoms with E-state index in [1.165, 1.54) is 9.87 Å². The Morgan fingerprint density at radius 3 is 2.19 bits per heavy atom. The molecule has 2 fully saturated rings. The molecule has 2 heterocycles. The maximum Gasteiger partial charge on any atom is 0.225 e. The van der Waals surface area contributed by atoms with Gasteiger partial charge < -0.3 is 4.90 Å². The highest BCUT2D eigenvalue weighted by Crippen LogP contribution is 2.27. The van der Waals surface area contributed by atoms with Gasteiger partial charge in [-0.1, -0.05) is 54.1 Å². The number of carbonyl (C=O) groups excluding carboxylic acids is 1. The topological polar surface area (TPSA) is 57.7 Å². The third kappa shape index (κ3) is 5.91. The molecule has 2 aromatic carbocycles. The number of nitrogens with zero attached hydrogens (tertiary/aromatic N) is 2. The second kappa shape index (κ2) is 10.4. The molecule has 0 radical (unpaired) electrons. The molecule has 0 saturated carbocycles. The van der Waals surface area contributed by atoms with Crippen LogP contribution in [-0.4, -0.2) is 49.7 Å². The van der Waals surface area contributed by atoms with Crippen LogP contribution in [0.1, 0.15) is 36.8 Å². The van der Waals surface area contributed by atoms with Crippen molar-refractivity contribution in [3.63, 3.8) is 0 Å². The number of rotatable bonds is 6.